The topological polar surface area (TPSA) is 9.23 Å². The van der Waals surface area contributed by atoms with E-state index in [1.807, 2.05) is 0 Å². The molecule has 1 fully saturated rings. The molecule has 0 radical (unpaired) electrons. The minimum atomic E-state index is 0.412. The lowest BCUT2D eigenvalue weighted by Crippen LogP contribution is -2.30. The Morgan fingerprint density at radius 2 is 1.40 bits per heavy atom. The Morgan fingerprint density at radius 1 is 0.900 bits per heavy atom. The summed E-state index contributed by atoms with van der Waals surface area (Å²) in [5, 5.41) is 0. The molecule has 0 bridgehead atoms. The highest BCUT2D eigenvalue weighted by Gasteiger charge is 2.30. The zero-order valence-corrected chi connectivity index (χ0v) is 14.0. The van der Waals surface area contributed by atoms with Crippen molar-refractivity contribution in [1.29, 1.82) is 0 Å². The average Bonchev–Trinajstić information content (AvgIpc) is 2.35. The van der Waals surface area contributed by atoms with E-state index in [0.29, 0.717) is 11.5 Å². The second kappa shape index (κ2) is 5.79. The van der Waals surface area contributed by atoms with Crippen LogP contribution in [-0.2, 0) is 0 Å². The van der Waals surface area contributed by atoms with Crippen LogP contribution in [0.15, 0.2) is 12.1 Å². The van der Waals surface area contributed by atoms with Crippen molar-refractivity contribution < 1.29 is 4.74 Å². The van der Waals surface area contributed by atoms with Gasteiger partial charge in [0.2, 0.25) is 0 Å². The number of ether oxygens (including phenoxy) is 1. The Bertz CT molecular complexity index is 436. The molecular weight excluding hydrogens is 244 g/mol. The first-order chi connectivity index (χ1) is 9.27. The van der Waals surface area contributed by atoms with Crippen LogP contribution in [0.5, 0.6) is 5.75 Å². The largest absolute Gasteiger partial charge is 0.490 e. The quantitative estimate of drug-likeness (QED) is 0.682. The van der Waals surface area contributed by atoms with E-state index in [0.717, 1.165) is 11.7 Å². The zero-order chi connectivity index (χ0) is 14.9. The van der Waals surface area contributed by atoms with Crippen molar-refractivity contribution in [2.75, 3.05) is 0 Å². The molecule has 1 aliphatic carbocycles. The molecule has 1 aromatic carbocycles. The summed E-state index contributed by atoms with van der Waals surface area (Å²) >= 11 is 0. The molecule has 1 aliphatic rings. The fourth-order valence-corrected chi connectivity index (χ4v) is 3.30. The van der Waals surface area contributed by atoms with Crippen LogP contribution in [-0.4, -0.2) is 6.10 Å². The van der Waals surface area contributed by atoms with E-state index in [9.17, 15) is 0 Å². The van der Waals surface area contributed by atoms with Crippen molar-refractivity contribution >= 4 is 0 Å². The van der Waals surface area contributed by atoms with Gasteiger partial charge in [-0.25, -0.2) is 0 Å². The van der Waals surface area contributed by atoms with Crippen LogP contribution in [0.4, 0.5) is 0 Å². The molecule has 1 nitrogen and oxygen atoms in total. The molecule has 0 N–H and O–H groups in total. The standard InChI is InChI=1S/C19H30O/c1-13-11-18(12-14(2)15(13)3)20-17-9-7-16(8-10-17)19(4,5)6/h11-12,16-17H,7-10H2,1-6H3. The molecule has 0 unspecified atom stereocenters. The van der Waals surface area contributed by atoms with Gasteiger partial charge in [0.1, 0.15) is 5.75 Å². The van der Waals surface area contributed by atoms with Crippen molar-refractivity contribution in [2.24, 2.45) is 11.3 Å². The third kappa shape index (κ3) is 3.56. The van der Waals surface area contributed by atoms with Gasteiger partial charge < -0.3 is 4.74 Å². The van der Waals surface area contributed by atoms with Gasteiger partial charge in [-0.1, -0.05) is 20.8 Å². The van der Waals surface area contributed by atoms with Crippen molar-refractivity contribution in [2.45, 2.75) is 73.3 Å². The Kier molecular flexibility index (Phi) is 4.46. The number of benzene rings is 1. The lowest BCUT2D eigenvalue weighted by molar-refractivity contribution is 0.0881. The van der Waals surface area contributed by atoms with E-state index in [2.05, 4.69) is 53.7 Å². The molecule has 0 aromatic heterocycles. The van der Waals surface area contributed by atoms with E-state index >= 15 is 0 Å². The van der Waals surface area contributed by atoms with Crippen LogP contribution < -0.4 is 4.74 Å². The molecule has 0 saturated heterocycles. The van der Waals surface area contributed by atoms with Crippen molar-refractivity contribution in [1.82, 2.24) is 0 Å². The highest BCUT2D eigenvalue weighted by Crippen LogP contribution is 2.38. The van der Waals surface area contributed by atoms with Gasteiger partial charge in [-0.05, 0) is 86.6 Å². The van der Waals surface area contributed by atoms with Gasteiger partial charge in [-0.3, -0.25) is 0 Å². The third-order valence-corrected chi connectivity index (χ3v) is 5.10. The van der Waals surface area contributed by atoms with E-state index < -0.39 is 0 Å². The van der Waals surface area contributed by atoms with Gasteiger partial charge in [0.05, 0.1) is 6.10 Å². The van der Waals surface area contributed by atoms with Gasteiger partial charge in [0, 0.05) is 0 Å². The summed E-state index contributed by atoms with van der Waals surface area (Å²) < 4.78 is 6.23. The van der Waals surface area contributed by atoms with Crippen LogP contribution in [0.25, 0.3) is 0 Å². The summed E-state index contributed by atoms with van der Waals surface area (Å²) in [5.74, 6) is 1.91. The summed E-state index contributed by atoms with van der Waals surface area (Å²) in [7, 11) is 0. The lowest BCUT2D eigenvalue weighted by atomic mass is 9.72. The zero-order valence-electron chi connectivity index (χ0n) is 14.0. The minimum Gasteiger partial charge on any atom is -0.490 e. The predicted octanol–water partition coefficient (Wildman–Crippen LogP) is 5.60. The minimum absolute atomic E-state index is 0.412. The highest BCUT2D eigenvalue weighted by atomic mass is 16.5. The molecule has 1 aromatic rings. The monoisotopic (exact) mass is 274 g/mol. The number of rotatable bonds is 2. The summed E-state index contributed by atoms with van der Waals surface area (Å²) in [6.45, 7) is 13.6. The number of aryl methyl sites for hydroxylation is 2. The smallest absolute Gasteiger partial charge is 0.120 e. The second-order valence-electron chi connectivity index (χ2n) is 7.64. The van der Waals surface area contributed by atoms with E-state index in [1.54, 1.807) is 0 Å². The predicted molar refractivity (Wildman–Crippen MR) is 86.5 cm³/mol. The van der Waals surface area contributed by atoms with Crippen LogP contribution in [0, 0.1) is 32.1 Å². The molecule has 20 heavy (non-hydrogen) atoms. The fourth-order valence-electron chi connectivity index (χ4n) is 3.30. The summed E-state index contributed by atoms with van der Waals surface area (Å²) in [5.41, 5.74) is 4.50. The SMILES string of the molecule is Cc1cc(OC2CCC(C(C)(C)C)CC2)cc(C)c1C. The normalized spacial score (nSPS) is 23.7. The third-order valence-electron chi connectivity index (χ3n) is 5.10. The first-order valence-corrected chi connectivity index (χ1v) is 8.02. The number of hydrogen-bond acceptors (Lipinski definition) is 1. The number of hydrogen-bond donors (Lipinski definition) is 0. The first-order valence-electron chi connectivity index (χ1n) is 8.02. The van der Waals surface area contributed by atoms with Crippen molar-refractivity contribution in [3.05, 3.63) is 28.8 Å². The van der Waals surface area contributed by atoms with Crippen LogP contribution >= 0.6 is 0 Å². The van der Waals surface area contributed by atoms with Gasteiger partial charge >= 0.3 is 0 Å². The Labute approximate surface area is 124 Å². The maximum Gasteiger partial charge on any atom is 0.120 e. The average molecular weight is 274 g/mol. The first kappa shape index (κ1) is 15.4. The van der Waals surface area contributed by atoms with Crippen LogP contribution in [0.3, 0.4) is 0 Å². The lowest BCUT2D eigenvalue weighted by Gasteiger charge is -2.37. The van der Waals surface area contributed by atoms with Gasteiger partial charge in [0.15, 0.2) is 0 Å². The van der Waals surface area contributed by atoms with Crippen LogP contribution in [0.1, 0.15) is 63.1 Å². The maximum absolute atomic E-state index is 6.23. The molecule has 1 saturated carbocycles. The summed E-state index contributed by atoms with van der Waals surface area (Å²) in [6.07, 6.45) is 5.42. The Morgan fingerprint density at radius 3 is 1.85 bits per heavy atom. The van der Waals surface area contributed by atoms with Gasteiger partial charge in [-0.2, -0.15) is 0 Å². The van der Waals surface area contributed by atoms with Crippen LogP contribution in [0.2, 0.25) is 0 Å². The van der Waals surface area contributed by atoms with E-state index in [1.165, 1.54) is 42.4 Å². The fraction of sp³-hybridized carbons (Fsp3) is 0.684. The Hall–Kier alpha value is -0.980. The maximum atomic E-state index is 6.23. The van der Waals surface area contributed by atoms with E-state index in [4.69, 9.17) is 4.74 Å². The highest BCUT2D eigenvalue weighted by molar-refractivity contribution is 5.40. The molecule has 0 aliphatic heterocycles. The molecule has 112 valence electrons. The Balaban J connectivity index is 1.96. The molecule has 1 heteroatoms. The molecule has 0 atom stereocenters. The van der Waals surface area contributed by atoms with E-state index in [-0.39, 0.29) is 0 Å². The molecule has 0 heterocycles. The molecular formula is C19H30O. The summed E-state index contributed by atoms with van der Waals surface area (Å²) in [4.78, 5) is 0. The molecule has 0 spiro atoms. The van der Waals surface area contributed by atoms with Gasteiger partial charge in [-0.15, -0.1) is 0 Å². The van der Waals surface area contributed by atoms with Crippen molar-refractivity contribution in [3.63, 3.8) is 0 Å². The van der Waals surface area contributed by atoms with Crippen molar-refractivity contribution in [3.8, 4) is 5.75 Å². The molecule has 0 amide bonds. The molecule has 2 rings (SSSR count). The second-order valence-corrected chi connectivity index (χ2v) is 7.64. The summed E-state index contributed by atoms with van der Waals surface area (Å²) in [6, 6.07) is 4.39. The van der Waals surface area contributed by atoms with Gasteiger partial charge in [0.25, 0.3) is 0 Å².